The van der Waals surface area contributed by atoms with Gasteiger partial charge in [-0.3, -0.25) is 0 Å². The quantitative estimate of drug-likeness (QED) is 0.717. The predicted molar refractivity (Wildman–Crippen MR) is 57.2 cm³/mol. The van der Waals surface area contributed by atoms with Gasteiger partial charge in [-0.15, -0.1) is 16.4 Å². The fraction of sp³-hybridized carbons (Fsp3) is 0.250. The Kier molecular flexibility index (Phi) is 2.36. The van der Waals surface area contributed by atoms with Crippen LogP contribution in [0.15, 0.2) is 17.5 Å². The Morgan fingerprint density at radius 3 is 3.07 bits per heavy atom. The molecule has 0 aliphatic heterocycles. The van der Waals surface area contributed by atoms with E-state index in [1.54, 1.807) is 11.3 Å². The van der Waals surface area contributed by atoms with Gasteiger partial charge in [0.15, 0.2) is 0 Å². The van der Waals surface area contributed by atoms with Crippen LogP contribution >= 0.6 is 11.3 Å². The molecular weight excluding hydrogens is 198 g/mol. The molecule has 0 amide bonds. The third-order valence-electron chi connectivity index (χ3n) is 1.82. The van der Waals surface area contributed by atoms with Gasteiger partial charge in [0.25, 0.3) is 0 Å². The van der Waals surface area contributed by atoms with Crippen molar-refractivity contribution < 1.29 is 0 Å². The first-order chi connectivity index (χ1) is 6.75. The van der Waals surface area contributed by atoms with Crippen LogP contribution in [0.5, 0.6) is 0 Å². The molecule has 0 fully saturated rings. The predicted octanol–water partition coefficient (Wildman–Crippen LogP) is 1.62. The maximum atomic E-state index is 5.41. The standard InChI is InChI=1S/C8H11N5S/c1-5(6-3-2-4-14-6)10-8-11-7(9)12-13-8/h2-5H,1H3,(H4,9,10,11,12,13)/t5-/m0/s1. The van der Waals surface area contributed by atoms with E-state index in [0.717, 1.165) is 0 Å². The number of nitrogens with two attached hydrogens (primary N) is 1. The van der Waals surface area contributed by atoms with Crippen LogP contribution in [0, 0.1) is 0 Å². The summed E-state index contributed by atoms with van der Waals surface area (Å²) in [6, 6.07) is 4.29. The molecule has 14 heavy (non-hydrogen) atoms. The molecule has 0 aliphatic rings. The summed E-state index contributed by atoms with van der Waals surface area (Å²) in [6.07, 6.45) is 0. The van der Waals surface area contributed by atoms with Crippen LogP contribution < -0.4 is 11.1 Å². The average Bonchev–Trinajstić information content (AvgIpc) is 2.75. The lowest BCUT2D eigenvalue weighted by molar-refractivity contribution is 0.882. The lowest BCUT2D eigenvalue weighted by Crippen LogP contribution is -2.06. The lowest BCUT2D eigenvalue weighted by Gasteiger charge is -2.08. The Hall–Kier alpha value is -1.56. The fourth-order valence-electron chi connectivity index (χ4n) is 1.14. The highest BCUT2D eigenvalue weighted by Crippen LogP contribution is 2.21. The third-order valence-corrected chi connectivity index (χ3v) is 2.87. The monoisotopic (exact) mass is 209 g/mol. The molecule has 1 atom stereocenters. The van der Waals surface area contributed by atoms with Gasteiger partial charge in [0.1, 0.15) is 0 Å². The van der Waals surface area contributed by atoms with Crippen molar-refractivity contribution in [3.05, 3.63) is 22.4 Å². The Balaban J connectivity index is 2.05. The first-order valence-corrected chi connectivity index (χ1v) is 5.11. The number of thiophene rings is 1. The molecule has 0 aliphatic carbocycles. The number of aromatic nitrogens is 3. The molecule has 5 nitrogen and oxygen atoms in total. The molecule has 0 spiro atoms. The van der Waals surface area contributed by atoms with Crippen LogP contribution in [0.3, 0.4) is 0 Å². The molecule has 0 aromatic carbocycles. The van der Waals surface area contributed by atoms with Gasteiger partial charge in [-0.1, -0.05) is 6.07 Å². The molecule has 0 saturated heterocycles. The molecule has 0 saturated carbocycles. The Morgan fingerprint density at radius 2 is 2.50 bits per heavy atom. The number of rotatable bonds is 3. The highest BCUT2D eigenvalue weighted by Gasteiger charge is 2.08. The van der Waals surface area contributed by atoms with E-state index in [4.69, 9.17) is 5.73 Å². The molecule has 2 aromatic rings. The number of hydrogen-bond donors (Lipinski definition) is 3. The summed E-state index contributed by atoms with van der Waals surface area (Å²) in [5, 5.41) is 11.7. The Morgan fingerprint density at radius 1 is 1.64 bits per heavy atom. The number of hydrogen-bond acceptors (Lipinski definition) is 5. The maximum absolute atomic E-state index is 5.41. The third kappa shape index (κ3) is 1.85. The molecule has 2 heterocycles. The second-order valence-electron chi connectivity index (χ2n) is 2.93. The smallest absolute Gasteiger partial charge is 0.244 e. The van der Waals surface area contributed by atoms with Crippen molar-refractivity contribution in [2.24, 2.45) is 0 Å². The topological polar surface area (TPSA) is 79.6 Å². The van der Waals surface area contributed by atoms with Gasteiger partial charge in [0, 0.05) is 4.88 Å². The summed E-state index contributed by atoms with van der Waals surface area (Å²) < 4.78 is 0. The number of nitrogen functional groups attached to an aromatic ring is 1. The summed E-state index contributed by atoms with van der Waals surface area (Å²) in [4.78, 5) is 5.21. The van der Waals surface area contributed by atoms with Crippen molar-refractivity contribution in [2.45, 2.75) is 13.0 Å². The zero-order chi connectivity index (χ0) is 9.97. The Labute approximate surface area is 85.4 Å². The molecule has 2 aromatic heterocycles. The average molecular weight is 209 g/mol. The van der Waals surface area contributed by atoms with Gasteiger partial charge in [0.2, 0.25) is 11.9 Å². The molecule has 0 bridgehead atoms. The minimum Gasteiger partial charge on any atom is -0.368 e. The van der Waals surface area contributed by atoms with E-state index < -0.39 is 0 Å². The summed E-state index contributed by atoms with van der Waals surface area (Å²) >= 11 is 1.70. The first-order valence-electron chi connectivity index (χ1n) is 4.23. The minimum absolute atomic E-state index is 0.199. The van der Waals surface area contributed by atoms with Crippen molar-refractivity contribution in [1.82, 2.24) is 15.2 Å². The van der Waals surface area contributed by atoms with Crippen LogP contribution in [0.25, 0.3) is 0 Å². The highest BCUT2D eigenvalue weighted by molar-refractivity contribution is 7.10. The molecule has 2 rings (SSSR count). The molecule has 0 unspecified atom stereocenters. The zero-order valence-corrected chi connectivity index (χ0v) is 8.51. The SMILES string of the molecule is C[C@H](Nc1n[nH]c(N)n1)c1cccs1. The van der Waals surface area contributed by atoms with E-state index in [0.29, 0.717) is 11.9 Å². The summed E-state index contributed by atoms with van der Waals surface area (Å²) in [7, 11) is 0. The molecule has 6 heteroatoms. The number of aromatic amines is 1. The van der Waals surface area contributed by atoms with Crippen LogP contribution in [0.1, 0.15) is 17.8 Å². The van der Waals surface area contributed by atoms with Crippen molar-refractivity contribution in [3.63, 3.8) is 0 Å². The van der Waals surface area contributed by atoms with Crippen molar-refractivity contribution >= 4 is 23.2 Å². The number of nitrogens with one attached hydrogen (secondary N) is 2. The maximum Gasteiger partial charge on any atom is 0.244 e. The van der Waals surface area contributed by atoms with Crippen molar-refractivity contribution in [2.75, 3.05) is 11.1 Å². The van der Waals surface area contributed by atoms with Crippen molar-refractivity contribution in [1.29, 1.82) is 0 Å². The van der Waals surface area contributed by atoms with E-state index in [2.05, 4.69) is 33.5 Å². The second kappa shape index (κ2) is 3.67. The van der Waals surface area contributed by atoms with Gasteiger partial charge in [-0.2, -0.15) is 4.98 Å². The van der Waals surface area contributed by atoms with E-state index in [9.17, 15) is 0 Å². The van der Waals surface area contributed by atoms with E-state index in [1.165, 1.54) is 4.88 Å². The second-order valence-corrected chi connectivity index (χ2v) is 3.90. The number of nitrogens with zero attached hydrogens (tertiary/aromatic N) is 2. The van der Waals surface area contributed by atoms with Gasteiger partial charge in [-0.25, -0.2) is 5.10 Å². The lowest BCUT2D eigenvalue weighted by atomic mass is 10.3. The van der Waals surface area contributed by atoms with Crippen LogP contribution in [-0.4, -0.2) is 15.2 Å². The molecule has 74 valence electrons. The fourth-order valence-corrected chi connectivity index (χ4v) is 1.88. The van der Waals surface area contributed by atoms with Gasteiger partial charge in [-0.05, 0) is 18.4 Å². The highest BCUT2D eigenvalue weighted by atomic mass is 32.1. The van der Waals surface area contributed by atoms with Crippen molar-refractivity contribution in [3.8, 4) is 0 Å². The minimum atomic E-state index is 0.199. The Bertz CT molecular complexity index is 394. The van der Waals surface area contributed by atoms with Crippen LogP contribution in [-0.2, 0) is 0 Å². The summed E-state index contributed by atoms with van der Waals surface area (Å²) in [6.45, 7) is 2.05. The number of anilines is 2. The largest absolute Gasteiger partial charge is 0.368 e. The van der Waals surface area contributed by atoms with Crippen LogP contribution in [0.2, 0.25) is 0 Å². The normalized spacial score (nSPS) is 12.6. The molecular formula is C8H11N5S. The van der Waals surface area contributed by atoms with Gasteiger partial charge >= 0.3 is 0 Å². The van der Waals surface area contributed by atoms with Crippen LogP contribution in [0.4, 0.5) is 11.9 Å². The zero-order valence-electron chi connectivity index (χ0n) is 7.69. The van der Waals surface area contributed by atoms with Gasteiger partial charge in [0.05, 0.1) is 6.04 Å². The molecule has 4 N–H and O–H groups in total. The summed E-state index contributed by atoms with van der Waals surface area (Å²) in [5.74, 6) is 0.856. The molecule has 0 radical (unpaired) electrons. The van der Waals surface area contributed by atoms with E-state index >= 15 is 0 Å². The number of H-pyrrole nitrogens is 1. The van der Waals surface area contributed by atoms with E-state index in [1.807, 2.05) is 11.4 Å². The van der Waals surface area contributed by atoms with Gasteiger partial charge < -0.3 is 11.1 Å². The summed E-state index contributed by atoms with van der Waals surface area (Å²) in [5.41, 5.74) is 5.41. The van der Waals surface area contributed by atoms with E-state index in [-0.39, 0.29) is 6.04 Å². The first kappa shape index (κ1) is 9.01.